The van der Waals surface area contributed by atoms with Crippen LogP contribution in [0.3, 0.4) is 0 Å². The molecule has 0 unspecified atom stereocenters. The molecule has 0 N–H and O–H groups in total. The van der Waals surface area contributed by atoms with Crippen molar-refractivity contribution in [3.8, 4) is 11.5 Å². The molecule has 3 aromatic rings. The third-order valence-corrected chi connectivity index (χ3v) is 6.43. The quantitative estimate of drug-likeness (QED) is 0.260. The van der Waals surface area contributed by atoms with Gasteiger partial charge in [-0.3, -0.25) is 9.51 Å². The number of hydrogen-bond donors (Lipinski definition) is 0. The maximum absolute atomic E-state index is 6.43. The van der Waals surface area contributed by atoms with Gasteiger partial charge in [0.15, 0.2) is 0 Å². The van der Waals surface area contributed by atoms with E-state index >= 15 is 0 Å². The van der Waals surface area contributed by atoms with E-state index in [4.69, 9.17) is 18.3 Å². The summed E-state index contributed by atoms with van der Waals surface area (Å²) in [6, 6.07) is 18.4. The highest BCUT2D eigenvalue weighted by molar-refractivity contribution is 7.42. The van der Waals surface area contributed by atoms with Gasteiger partial charge in [-0.2, -0.15) is 0 Å². The van der Waals surface area contributed by atoms with E-state index in [-0.39, 0.29) is 6.61 Å². The number of pyridine rings is 1. The van der Waals surface area contributed by atoms with Gasteiger partial charge in [0.2, 0.25) is 0 Å². The van der Waals surface area contributed by atoms with Crippen LogP contribution in [0.25, 0.3) is 0 Å². The predicted octanol–water partition coefficient (Wildman–Crippen LogP) is 7.99. The molecule has 0 aliphatic rings. The Morgan fingerprint density at radius 1 is 0.735 bits per heavy atom. The molecule has 34 heavy (non-hydrogen) atoms. The average Bonchev–Trinajstić information content (AvgIpc) is 2.77. The van der Waals surface area contributed by atoms with E-state index in [2.05, 4.69) is 82.9 Å². The van der Waals surface area contributed by atoms with Crippen LogP contribution in [0.15, 0.2) is 54.6 Å². The number of ether oxygens (including phenoxy) is 1. The number of methoxy groups -OCH3 is 1. The highest BCUT2D eigenvalue weighted by Gasteiger charge is 2.23. The minimum atomic E-state index is -1.73. The summed E-state index contributed by atoms with van der Waals surface area (Å²) in [6.45, 7) is 13.5. The van der Waals surface area contributed by atoms with Crippen LogP contribution < -0.4 is 9.05 Å². The second-order valence-corrected chi connectivity index (χ2v) is 10.2. The van der Waals surface area contributed by atoms with Gasteiger partial charge in [-0.25, -0.2) is 0 Å². The van der Waals surface area contributed by atoms with Crippen LogP contribution in [-0.2, 0) is 22.5 Å². The molecule has 5 nitrogen and oxygen atoms in total. The Kier molecular flexibility index (Phi) is 9.46. The fourth-order valence-electron chi connectivity index (χ4n) is 3.58. The number of rotatable bonds is 11. The molecule has 0 saturated heterocycles. The van der Waals surface area contributed by atoms with Crippen LogP contribution in [-0.4, -0.2) is 12.1 Å². The Morgan fingerprint density at radius 3 is 1.71 bits per heavy atom. The molecule has 1 aromatic heterocycles. The first-order valence-electron chi connectivity index (χ1n) is 11.7. The molecule has 182 valence electrons. The van der Waals surface area contributed by atoms with Gasteiger partial charge in [0.1, 0.15) is 11.5 Å². The number of benzene rings is 2. The molecule has 0 aliphatic heterocycles. The lowest BCUT2D eigenvalue weighted by molar-refractivity contribution is 0.180. The number of aryl methyl sites for hydroxylation is 2. The van der Waals surface area contributed by atoms with E-state index in [0.29, 0.717) is 18.4 Å². The zero-order chi connectivity index (χ0) is 24.7. The van der Waals surface area contributed by atoms with Gasteiger partial charge in [-0.1, -0.05) is 58.0 Å². The summed E-state index contributed by atoms with van der Waals surface area (Å²) in [6.07, 6.45) is 0. The van der Waals surface area contributed by atoms with Gasteiger partial charge in [0, 0.05) is 7.11 Å². The first kappa shape index (κ1) is 26.2. The highest BCUT2D eigenvalue weighted by Crippen LogP contribution is 2.46. The third-order valence-electron chi connectivity index (χ3n) is 5.40. The molecule has 0 aliphatic carbocycles. The van der Waals surface area contributed by atoms with Crippen LogP contribution >= 0.6 is 8.60 Å². The summed E-state index contributed by atoms with van der Waals surface area (Å²) < 4.78 is 24.3. The van der Waals surface area contributed by atoms with Crippen molar-refractivity contribution in [1.82, 2.24) is 4.98 Å². The van der Waals surface area contributed by atoms with Crippen molar-refractivity contribution in [2.24, 2.45) is 0 Å². The van der Waals surface area contributed by atoms with Crippen LogP contribution in [0, 0.1) is 13.8 Å². The summed E-state index contributed by atoms with van der Waals surface area (Å²) in [4.78, 5) is 4.62. The van der Waals surface area contributed by atoms with Crippen molar-refractivity contribution >= 4 is 8.60 Å². The van der Waals surface area contributed by atoms with Crippen molar-refractivity contribution < 1.29 is 18.3 Å². The summed E-state index contributed by atoms with van der Waals surface area (Å²) in [5.41, 5.74) is 6.16. The zero-order valence-corrected chi connectivity index (χ0v) is 22.2. The lowest BCUT2D eigenvalue weighted by Gasteiger charge is -2.22. The van der Waals surface area contributed by atoms with Gasteiger partial charge >= 0.3 is 8.60 Å². The molecule has 0 spiro atoms. The SMILES string of the molecule is COCc1cccc(COP(Oc2cc(C)ccc2C(C)C)Oc2cc(C)ccc2C(C)C)n1. The van der Waals surface area contributed by atoms with Crippen molar-refractivity contribution in [1.29, 1.82) is 0 Å². The lowest BCUT2D eigenvalue weighted by Crippen LogP contribution is -2.06. The molecule has 0 bridgehead atoms. The van der Waals surface area contributed by atoms with Crippen LogP contribution in [0.2, 0.25) is 0 Å². The van der Waals surface area contributed by atoms with E-state index in [1.54, 1.807) is 7.11 Å². The van der Waals surface area contributed by atoms with Gasteiger partial charge in [-0.15, -0.1) is 0 Å². The minimum Gasteiger partial charge on any atom is -0.417 e. The maximum Gasteiger partial charge on any atom is 0.463 e. The topological polar surface area (TPSA) is 49.8 Å². The molecule has 0 fully saturated rings. The monoisotopic (exact) mass is 481 g/mol. The first-order chi connectivity index (χ1) is 16.3. The second kappa shape index (κ2) is 12.3. The van der Waals surface area contributed by atoms with Crippen LogP contribution in [0.1, 0.15) is 73.2 Å². The van der Waals surface area contributed by atoms with E-state index in [1.807, 2.05) is 18.2 Å². The molecule has 6 heteroatoms. The molecule has 1 heterocycles. The van der Waals surface area contributed by atoms with Gasteiger partial charge in [0.25, 0.3) is 0 Å². The first-order valence-corrected chi connectivity index (χ1v) is 12.8. The highest BCUT2D eigenvalue weighted by atomic mass is 31.2. The molecule has 0 saturated carbocycles. The molecule has 2 aromatic carbocycles. The molecular formula is C28H36NO4P. The summed E-state index contributed by atoms with van der Waals surface area (Å²) >= 11 is 0. The summed E-state index contributed by atoms with van der Waals surface area (Å²) in [5.74, 6) is 2.21. The Bertz CT molecular complexity index is 1020. The van der Waals surface area contributed by atoms with Crippen molar-refractivity contribution in [3.63, 3.8) is 0 Å². The molecular weight excluding hydrogens is 445 g/mol. The van der Waals surface area contributed by atoms with E-state index < -0.39 is 8.60 Å². The predicted molar refractivity (Wildman–Crippen MR) is 138 cm³/mol. The fraction of sp³-hybridized carbons (Fsp3) is 0.393. The molecule has 0 amide bonds. The lowest BCUT2D eigenvalue weighted by atomic mass is 10.0. The Labute approximate surface area is 205 Å². The Hall–Kier alpha value is -2.46. The average molecular weight is 482 g/mol. The van der Waals surface area contributed by atoms with E-state index in [9.17, 15) is 0 Å². The molecule has 0 radical (unpaired) electrons. The number of aromatic nitrogens is 1. The third kappa shape index (κ3) is 7.27. The zero-order valence-electron chi connectivity index (χ0n) is 21.3. The Balaban J connectivity index is 1.90. The van der Waals surface area contributed by atoms with Gasteiger partial charge in [-0.05, 0) is 72.2 Å². The number of nitrogens with zero attached hydrogens (tertiary/aromatic N) is 1. The minimum absolute atomic E-state index is 0.273. The maximum atomic E-state index is 6.43. The fourth-order valence-corrected chi connectivity index (χ4v) is 4.60. The van der Waals surface area contributed by atoms with Crippen molar-refractivity contribution in [2.75, 3.05) is 7.11 Å². The second-order valence-electron chi connectivity index (χ2n) is 9.12. The van der Waals surface area contributed by atoms with Crippen molar-refractivity contribution in [2.45, 2.75) is 66.6 Å². The Morgan fingerprint density at radius 2 is 1.24 bits per heavy atom. The van der Waals surface area contributed by atoms with Crippen molar-refractivity contribution in [3.05, 3.63) is 88.2 Å². The standard InChI is InChI=1S/C28H36NO4P/c1-19(2)25-13-11-21(5)15-27(25)32-34(31-18-24-10-8-9-23(29-24)17-30-7)33-28-16-22(6)12-14-26(28)20(3)4/h8-16,19-20H,17-18H2,1-7H3. The van der Waals surface area contributed by atoms with Crippen LogP contribution in [0.4, 0.5) is 0 Å². The molecule has 0 atom stereocenters. The van der Waals surface area contributed by atoms with Gasteiger partial charge in [0.05, 0.1) is 24.6 Å². The molecule has 3 rings (SSSR count). The smallest absolute Gasteiger partial charge is 0.417 e. The number of hydrogen-bond acceptors (Lipinski definition) is 5. The largest absolute Gasteiger partial charge is 0.463 e. The summed E-state index contributed by atoms with van der Waals surface area (Å²) in [7, 11) is -0.0716. The van der Waals surface area contributed by atoms with E-state index in [1.165, 1.54) is 0 Å². The van der Waals surface area contributed by atoms with E-state index in [0.717, 1.165) is 45.1 Å². The summed E-state index contributed by atoms with van der Waals surface area (Å²) in [5, 5.41) is 0. The van der Waals surface area contributed by atoms with Gasteiger partial charge < -0.3 is 13.8 Å². The normalized spacial score (nSPS) is 11.5. The van der Waals surface area contributed by atoms with Crippen LogP contribution in [0.5, 0.6) is 11.5 Å².